The fraction of sp³-hybridized carbons (Fsp3) is 0.533. The van der Waals surface area contributed by atoms with Gasteiger partial charge in [-0.2, -0.15) is 0 Å². The molecule has 2 aromatic rings. The molecule has 1 aliphatic carbocycles. The average molecular weight is 279 g/mol. The van der Waals surface area contributed by atoms with Crippen LogP contribution in [0.2, 0.25) is 0 Å². The number of fused-ring (bicyclic) bond motifs is 1. The molecule has 0 N–H and O–H groups in total. The molecule has 3 nitrogen and oxygen atoms in total. The molecule has 1 heterocycles. The van der Waals surface area contributed by atoms with Gasteiger partial charge in [-0.25, -0.2) is 4.98 Å². The normalized spacial score (nSPS) is 17.4. The quantitative estimate of drug-likeness (QED) is 0.797. The van der Waals surface area contributed by atoms with Crippen LogP contribution in [-0.4, -0.2) is 22.5 Å². The largest absolute Gasteiger partial charge is 0.497 e. The number of alkyl halides is 1. The molecule has 0 bridgehead atoms. The molecular weight excluding hydrogens is 260 g/mol. The molecule has 1 fully saturated rings. The van der Waals surface area contributed by atoms with Crippen LogP contribution >= 0.6 is 11.6 Å². The van der Waals surface area contributed by atoms with Gasteiger partial charge >= 0.3 is 0 Å². The van der Waals surface area contributed by atoms with E-state index in [0.29, 0.717) is 5.88 Å². The van der Waals surface area contributed by atoms with Crippen LogP contribution < -0.4 is 4.74 Å². The molecule has 0 unspecified atom stereocenters. The van der Waals surface area contributed by atoms with Gasteiger partial charge < -0.3 is 9.30 Å². The van der Waals surface area contributed by atoms with E-state index in [9.17, 15) is 0 Å². The van der Waals surface area contributed by atoms with Gasteiger partial charge in [-0.05, 0) is 38.3 Å². The Morgan fingerprint density at radius 3 is 2.79 bits per heavy atom. The summed E-state index contributed by atoms with van der Waals surface area (Å²) in [7, 11) is 1.70. The monoisotopic (exact) mass is 278 g/mol. The van der Waals surface area contributed by atoms with Crippen molar-refractivity contribution < 1.29 is 4.74 Å². The molecule has 0 atom stereocenters. The van der Waals surface area contributed by atoms with Crippen molar-refractivity contribution in [3.8, 4) is 5.75 Å². The van der Waals surface area contributed by atoms with Crippen LogP contribution in [-0.2, 0) is 12.0 Å². The fourth-order valence-electron chi connectivity index (χ4n) is 3.00. The van der Waals surface area contributed by atoms with Crippen LogP contribution in [0.4, 0.5) is 0 Å². The van der Waals surface area contributed by atoms with Crippen LogP contribution in [0.15, 0.2) is 18.2 Å². The summed E-state index contributed by atoms with van der Waals surface area (Å²) < 4.78 is 7.73. The molecule has 0 aliphatic heterocycles. The van der Waals surface area contributed by atoms with Crippen molar-refractivity contribution in [2.24, 2.45) is 0 Å². The Balaban J connectivity index is 2.20. The first-order valence-corrected chi connectivity index (χ1v) is 7.33. The molecule has 4 heteroatoms. The molecule has 102 valence electrons. The van der Waals surface area contributed by atoms with E-state index in [1.165, 1.54) is 24.8 Å². The molecule has 0 amide bonds. The third kappa shape index (κ3) is 2.00. The summed E-state index contributed by atoms with van der Waals surface area (Å²) in [5, 5.41) is 0. The third-order valence-corrected chi connectivity index (χ3v) is 4.41. The second kappa shape index (κ2) is 4.71. The summed E-state index contributed by atoms with van der Waals surface area (Å²) in [5.74, 6) is 2.59. The lowest BCUT2D eigenvalue weighted by atomic mass is 9.78. The molecule has 0 radical (unpaired) electrons. The van der Waals surface area contributed by atoms with Crippen molar-refractivity contribution in [1.82, 2.24) is 9.55 Å². The number of rotatable bonds is 4. The second-order valence-corrected chi connectivity index (χ2v) is 5.89. The lowest BCUT2D eigenvalue weighted by Crippen LogP contribution is -2.38. The smallest absolute Gasteiger partial charge is 0.121 e. The van der Waals surface area contributed by atoms with E-state index in [4.69, 9.17) is 21.3 Å². The highest BCUT2D eigenvalue weighted by Crippen LogP contribution is 2.42. The first kappa shape index (κ1) is 12.8. The predicted octanol–water partition coefficient (Wildman–Crippen LogP) is 3.73. The van der Waals surface area contributed by atoms with Gasteiger partial charge in [0.15, 0.2) is 0 Å². The first-order chi connectivity index (χ1) is 9.18. The van der Waals surface area contributed by atoms with E-state index < -0.39 is 0 Å². The Morgan fingerprint density at radius 2 is 2.21 bits per heavy atom. The SMILES string of the molecule is COc1ccc2nc(CCCl)n(C3(C)CCC3)c2c1. The Kier molecular flexibility index (Phi) is 3.17. The molecule has 1 aromatic carbocycles. The van der Waals surface area contributed by atoms with Crippen molar-refractivity contribution in [2.45, 2.75) is 38.1 Å². The minimum absolute atomic E-state index is 0.197. The van der Waals surface area contributed by atoms with Gasteiger partial charge in [0.05, 0.1) is 18.1 Å². The Labute approximate surface area is 118 Å². The number of hydrogen-bond donors (Lipinski definition) is 0. The molecule has 1 aliphatic rings. The molecular formula is C15H19ClN2O. The van der Waals surface area contributed by atoms with Crippen LogP contribution in [0.3, 0.4) is 0 Å². The van der Waals surface area contributed by atoms with Gasteiger partial charge in [0.1, 0.15) is 11.6 Å². The number of hydrogen-bond acceptors (Lipinski definition) is 2. The molecule has 3 rings (SSSR count). The van der Waals surface area contributed by atoms with Crippen molar-refractivity contribution in [3.05, 3.63) is 24.0 Å². The number of benzene rings is 1. The van der Waals surface area contributed by atoms with Gasteiger partial charge in [-0.3, -0.25) is 0 Å². The first-order valence-electron chi connectivity index (χ1n) is 6.80. The average Bonchev–Trinajstić information content (AvgIpc) is 2.73. The van der Waals surface area contributed by atoms with E-state index in [1.807, 2.05) is 12.1 Å². The molecule has 0 saturated heterocycles. The zero-order valence-electron chi connectivity index (χ0n) is 11.4. The Bertz CT molecular complexity index is 601. The molecule has 19 heavy (non-hydrogen) atoms. The van der Waals surface area contributed by atoms with Gasteiger partial charge in [0.2, 0.25) is 0 Å². The summed E-state index contributed by atoms with van der Waals surface area (Å²) in [5.41, 5.74) is 2.40. The fourth-order valence-corrected chi connectivity index (χ4v) is 3.17. The van der Waals surface area contributed by atoms with Crippen LogP contribution in [0.1, 0.15) is 32.0 Å². The summed E-state index contributed by atoms with van der Waals surface area (Å²) in [6, 6.07) is 6.08. The summed E-state index contributed by atoms with van der Waals surface area (Å²) in [6.07, 6.45) is 4.53. The second-order valence-electron chi connectivity index (χ2n) is 5.51. The van der Waals surface area contributed by atoms with E-state index in [-0.39, 0.29) is 5.54 Å². The maximum Gasteiger partial charge on any atom is 0.121 e. The maximum absolute atomic E-state index is 5.93. The number of nitrogens with zero attached hydrogens (tertiary/aromatic N) is 2. The van der Waals surface area contributed by atoms with Crippen molar-refractivity contribution in [1.29, 1.82) is 0 Å². The van der Waals surface area contributed by atoms with Gasteiger partial charge in [0.25, 0.3) is 0 Å². The minimum Gasteiger partial charge on any atom is -0.497 e. The molecule has 1 aromatic heterocycles. The maximum atomic E-state index is 5.93. The van der Waals surface area contributed by atoms with Gasteiger partial charge in [-0.15, -0.1) is 11.6 Å². The highest BCUT2D eigenvalue weighted by molar-refractivity contribution is 6.17. The van der Waals surface area contributed by atoms with Crippen molar-refractivity contribution in [3.63, 3.8) is 0 Å². The number of ether oxygens (including phenoxy) is 1. The molecule has 0 spiro atoms. The predicted molar refractivity (Wildman–Crippen MR) is 78.2 cm³/mol. The third-order valence-electron chi connectivity index (χ3n) is 4.22. The lowest BCUT2D eigenvalue weighted by molar-refractivity contribution is 0.170. The number of aryl methyl sites for hydroxylation is 1. The van der Waals surface area contributed by atoms with Crippen molar-refractivity contribution >= 4 is 22.6 Å². The van der Waals surface area contributed by atoms with E-state index >= 15 is 0 Å². The number of imidazole rings is 1. The molecule has 1 saturated carbocycles. The van der Waals surface area contributed by atoms with E-state index in [2.05, 4.69) is 17.6 Å². The minimum atomic E-state index is 0.197. The van der Waals surface area contributed by atoms with Crippen LogP contribution in [0, 0.1) is 0 Å². The van der Waals surface area contributed by atoms with Crippen LogP contribution in [0.5, 0.6) is 5.75 Å². The topological polar surface area (TPSA) is 27.1 Å². The number of halogens is 1. The van der Waals surface area contributed by atoms with Gasteiger partial charge in [-0.1, -0.05) is 0 Å². The Hall–Kier alpha value is -1.22. The van der Waals surface area contributed by atoms with Gasteiger partial charge in [0, 0.05) is 23.9 Å². The summed E-state index contributed by atoms with van der Waals surface area (Å²) >= 11 is 5.93. The highest BCUT2D eigenvalue weighted by atomic mass is 35.5. The number of methoxy groups -OCH3 is 1. The van der Waals surface area contributed by atoms with Crippen LogP contribution in [0.25, 0.3) is 11.0 Å². The van der Waals surface area contributed by atoms with E-state index in [1.54, 1.807) is 7.11 Å². The highest BCUT2D eigenvalue weighted by Gasteiger charge is 2.36. The summed E-state index contributed by atoms with van der Waals surface area (Å²) in [6.45, 7) is 2.31. The zero-order chi connectivity index (χ0) is 13.5. The van der Waals surface area contributed by atoms with Crippen molar-refractivity contribution in [2.75, 3.05) is 13.0 Å². The summed E-state index contributed by atoms with van der Waals surface area (Å²) in [4.78, 5) is 4.75. The standard InChI is InChI=1S/C15H19ClN2O/c1-15(7-3-8-15)18-13-10-11(19-2)4-5-12(13)17-14(18)6-9-16/h4-5,10H,3,6-9H2,1-2H3. The zero-order valence-corrected chi connectivity index (χ0v) is 12.2. The lowest BCUT2D eigenvalue weighted by Gasteiger charge is -2.41. The number of aromatic nitrogens is 2. The Morgan fingerprint density at radius 1 is 1.42 bits per heavy atom. The van der Waals surface area contributed by atoms with E-state index in [0.717, 1.165) is 23.5 Å².